The SMILES string of the molecule is CC[C@@H](O)COc1cc(-c2ccc(N3CCN(C(=O)O)CC3)nc2)c2c(C#N)cnn2c1. The molecule has 3 aromatic rings. The third-order valence-corrected chi connectivity index (χ3v) is 5.55. The minimum absolute atomic E-state index is 0.160. The number of pyridine rings is 2. The van der Waals surface area contributed by atoms with Gasteiger partial charge in [-0.2, -0.15) is 10.4 Å². The minimum Gasteiger partial charge on any atom is -0.489 e. The Morgan fingerprint density at radius 1 is 1.28 bits per heavy atom. The molecule has 1 amide bonds. The lowest BCUT2D eigenvalue weighted by Crippen LogP contribution is -2.48. The number of aliphatic hydroxyl groups excluding tert-OH is 1. The van der Waals surface area contributed by atoms with E-state index in [-0.39, 0.29) is 6.61 Å². The summed E-state index contributed by atoms with van der Waals surface area (Å²) in [6.07, 6.45) is 4.04. The molecule has 10 nitrogen and oxygen atoms in total. The third kappa shape index (κ3) is 4.29. The number of hydrogen-bond acceptors (Lipinski definition) is 7. The fourth-order valence-electron chi connectivity index (χ4n) is 3.65. The fourth-order valence-corrected chi connectivity index (χ4v) is 3.65. The number of fused-ring (bicyclic) bond motifs is 1. The van der Waals surface area contributed by atoms with Gasteiger partial charge >= 0.3 is 6.09 Å². The van der Waals surface area contributed by atoms with E-state index in [1.807, 2.05) is 30.0 Å². The van der Waals surface area contributed by atoms with E-state index in [2.05, 4.69) is 16.2 Å². The van der Waals surface area contributed by atoms with Crippen LogP contribution in [0.1, 0.15) is 18.9 Å². The van der Waals surface area contributed by atoms with Gasteiger partial charge in [0.05, 0.1) is 29.6 Å². The van der Waals surface area contributed by atoms with Gasteiger partial charge in [0.1, 0.15) is 24.2 Å². The Morgan fingerprint density at radius 3 is 2.69 bits per heavy atom. The zero-order chi connectivity index (χ0) is 22.7. The van der Waals surface area contributed by atoms with Crippen molar-refractivity contribution in [2.45, 2.75) is 19.4 Å². The van der Waals surface area contributed by atoms with Crippen molar-refractivity contribution in [2.75, 3.05) is 37.7 Å². The summed E-state index contributed by atoms with van der Waals surface area (Å²) in [7, 11) is 0. The van der Waals surface area contributed by atoms with E-state index in [4.69, 9.17) is 9.84 Å². The van der Waals surface area contributed by atoms with Crippen LogP contribution in [-0.4, -0.2) is 74.7 Å². The van der Waals surface area contributed by atoms with Crippen LogP contribution in [0.4, 0.5) is 10.6 Å². The van der Waals surface area contributed by atoms with Crippen molar-refractivity contribution in [3.8, 4) is 22.9 Å². The first-order chi connectivity index (χ1) is 15.5. The quantitative estimate of drug-likeness (QED) is 0.602. The first-order valence-corrected chi connectivity index (χ1v) is 10.4. The normalized spacial score (nSPS) is 14.9. The van der Waals surface area contributed by atoms with Crippen molar-refractivity contribution < 1.29 is 19.7 Å². The van der Waals surface area contributed by atoms with Crippen LogP contribution < -0.4 is 9.64 Å². The van der Waals surface area contributed by atoms with Crippen LogP contribution in [0.3, 0.4) is 0 Å². The smallest absolute Gasteiger partial charge is 0.407 e. The van der Waals surface area contributed by atoms with E-state index in [0.29, 0.717) is 49.4 Å². The number of nitrogens with zero attached hydrogens (tertiary/aromatic N) is 6. The van der Waals surface area contributed by atoms with Crippen molar-refractivity contribution in [3.63, 3.8) is 0 Å². The Morgan fingerprint density at radius 2 is 2.06 bits per heavy atom. The molecule has 0 aromatic carbocycles. The molecule has 3 aromatic heterocycles. The predicted molar refractivity (Wildman–Crippen MR) is 117 cm³/mol. The van der Waals surface area contributed by atoms with Crippen LogP contribution in [-0.2, 0) is 0 Å². The molecule has 0 unspecified atom stereocenters. The number of hydrogen-bond donors (Lipinski definition) is 2. The average Bonchev–Trinajstić information content (AvgIpc) is 3.25. The molecular weight excluding hydrogens is 412 g/mol. The monoisotopic (exact) mass is 436 g/mol. The standard InChI is InChI=1S/C22H24N6O4/c1-2-17(29)14-32-18-9-19(21-16(10-23)12-25-28(21)13-18)15-3-4-20(24-11-15)26-5-7-27(8-6-26)22(30)31/h3-4,9,11-13,17,29H,2,5-8,14H2,1H3,(H,30,31)/t17-/m1/s1. The van der Waals surface area contributed by atoms with Crippen LogP contribution in [0.15, 0.2) is 36.8 Å². The molecule has 1 aliphatic heterocycles. The number of ether oxygens (including phenoxy) is 1. The lowest BCUT2D eigenvalue weighted by atomic mass is 10.1. The van der Waals surface area contributed by atoms with Gasteiger partial charge in [0, 0.05) is 43.5 Å². The van der Waals surface area contributed by atoms with E-state index in [0.717, 1.165) is 16.9 Å². The van der Waals surface area contributed by atoms with Crippen molar-refractivity contribution in [3.05, 3.63) is 42.4 Å². The van der Waals surface area contributed by atoms with Crippen molar-refractivity contribution in [2.24, 2.45) is 0 Å². The van der Waals surface area contributed by atoms with E-state index in [9.17, 15) is 15.2 Å². The second kappa shape index (κ2) is 9.11. The van der Waals surface area contributed by atoms with Crippen molar-refractivity contribution in [1.29, 1.82) is 5.26 Å². The van der Waals surface area contributed by atoms with Gasteiger partial charge in [-0.15, -0.1) is 0 Å². The van der Waals surface area contributed by atoms with Crippen LogP contribution >= 0.6 is 0 Å². The highest BCUT2D eigenvalue weighted by Gasteiger charge is 2.21. The number of rotatable bonds is 6. The molecule has 0 saturated carbocycles. The molecule has 10 heteroatoms. The molecule has 1 saturated heterocycles. The highest BCUT2D eigenvalue weighted by molar-refractivity contribution is 5.85. The summed E-state index contributed by atoms with van der Waals surface area (Å²) in [4.78, 5) is 19.1. The predicted octanol–water partition coefficient (Wildman–Crippen LogP) is 2.22. The number of aromatic nitrogens is 3. The zero-order valence-electron chi connectivity index (χ0n) is 17.7. The summed E-state index contributed by atoms with van der Waals surface area (Å²) in [5, 5.41) is 32.7. The summed E-state index contributed by atoms with van der Waals surface area (Å²) in [6, 6.07) is 7.80. The maximum absolute atomic E-state index is 11.1. The number of amides is 1. The lowest BCUT2D eigenvalue weighted by Gasteiger charge is -2.33. The molecule has 2 N–H and O–H groups in total. The van der Waals surface area contributed by atoms with Gasteiger partial charge in [-0.1, -0.05) is 6.92 Å². The molecule has 0 radical (unpaired) electrons. The number of carbonyl (C=O) groups is 1. The Hall–Kier alpha value is -3.84. The maximum Gasteiger partial charge on any atom is 0.407 e. The summed E-state index contributed by atoms with van der Waals surface area (Å²) in [6.45, 7) is 4.06. The van der Waals surface area contributed by atoms with Crippen LogP contribution in [0, 0.1) is 11.3 Å². The minimum atomic E-state index is -0.903. The van der Waals surface area contributed by atoms with Crippen LogP contribution in [0.25, 0.3) is 16.6 Å². The lowest BCUT2D eigenvalue weighted by molar-refractivity contribution is 0.104. The summed E-state index contributed by atoms with van der Waals surface area (Å²) in [5.41, 5.74) is 2.63. The number of piperazine rings is 1. The number of nitriles is 1. The molecule has 166 valence electrons. The largest absolute Gasteiger partial charge is 0.489 e. The van der Waals surface area contributed by atoms with Gasteiger partial charge in [0.15, 0.2) is 0 Å². The van der Waals surface area contributed by atoms with Crippen molar-refractivity contribution >= 4 is 17.4 Å². The highest BCUT2D eigenvalue weighted by atomic mass is 16.5. The van der Waals surface area contributed by atoms with Gasteiger partial charge in [0.2, 0.25) is 0 Å². The molecular formula is C22H24N6O4. The Balaban J connectivity index is 1.62. The molecule has 1 aliphatic rings. The number of carboxylic acid groups (broad SMARTS) is 1. The molecule has 1 fully saturated rings. The van der Waals surface area contributed by atoms with Crippen LogP contribution in [0.5, 0.6) is 5.75 Å². The molecule has 0 bridgehead atoms. The Bertz CT molecular complexity index is 1150. The Labute approximate surface area is 184 Å². The second-order valence-corrected chi connectivity index (χ2v) is 7.59. The van der Waals surface area contributed by atoms with E-state index < -0.39 is 12.2 Å². The molecule has 0 spiro atoms. The summed E-state index contributed by atoms with van der Waals surface area (Å²) >= 11 is 0. The summed E-state index contributed by atoms with van der Waals surface area (Å²) in [5.74, 6) is 1.30. The van der Waals surface area contributed by atoms with E-state index in [1.165, 1.54) is 11.1 Å². The molecule has 4 heterocycles. The van der Waals surface area contributed by atoms with Gasteiger partial charge in [-0.25, -0.2) is 14.3 Å². The first kappa shape index (κ1) is 21.4. The van der Waals surface area contributed by atoms with Gasteiger partial charge in [-0.05, 0) is 24.6 Å². The van der Waals surface area contributed by atoms with Gasteiger partial charge < -0.3 is 24.7 Å². The number of anilines is 1. The molecule has 0 aliphatic carbocycles. The first-order valence-electron chi connectivity index (χ1n) is 10.4. The van der Waals surface area contributed by atoms with Crippen LogP contribution in [0.2, 0.25) is 0 Å². The highest BCUT2D eigenvalue weighted by Crippen LogP contribution is 2.31. The van der Waals surface area contributed by atoms with E-state index in [1.54, 1.807) is 16.9 Å². The summed E-state index contributed by atoms with van der Waals surface area (Å²) < 4.78 is 7.34. The van der Waals surface area contributed by atoms with Gasteiger partial charge in [0.25, 0.3) is 0 Å². The van der Waals surface area contributed by atoms with Gasteiger partial charge in [-0.3, -0.25) is 0 Å². The Kier molecular flexibility index (Phi) is 6.09. The van der Waals surface area contributed by atoms with Crippen molar-refractivity contribution in [1.82, 2.24) is 19.5 Å². The average molecular weight is 436 g/mol. The maximum atomic E-state index is 11.1. The van der Waals surface area contributed by atoms with E-state index >= 15 is 0 Å². The zero-order valence-corrected chi connectivity index (χ0v) is 17.7. The topological polar surface area (TPSA) is 127 Å². The molecule has 4 rings (SSSR count). The molecule has 1 atom stereocenters. The fraction of sp³-hybridized carbons (Fsp3) is 0.364. The second-order valence-electron chi connectivity index (χ2n) is 7.59. The number of aliphatic hydroxyl groups is 1. The third-order valence-electron chi connectivity index (χ3n) is 5.55. The molecule has 32 heavy (non-hydrogen) atoms.